The summed E-state index contributed by atoms with van der Waals surface area (Å²) in [7, 11) is 0. The number of amides is 1. The van der Waals surface area contributed by atoms with E-state index in [1.54, 1.807) is 36.4 Å². The fraction of sp³-hybridized carbons (Fsp3) is 0.263. The van der Waals surface area contributed by atoms with Gasteiger partial charge >= 0.3 is 6.18 Å². The van der Waals surface area contributed by atoms with Crippen molar-refractivity contribution >= 4 is 22.6 Å². The molecule has 0 aliphatic rings. The van der Waals surface area contributed by atoms with E-state index in [-0.39, 0.29) is 11.0 Å². The molecule has 0 atom stereocenters. The summed E-state index contributed by atoms with van der Waals surface area (Å²) in [5.41, 5.74) is 0.841. The van der Waals surface area contributed by atoms with Gasteiger partial charge in [0.05, 0.1) is 23.3 Å². The number of hydrogen-bond acceptors (Lipinski definition) is 3. The van der Waals surface area contributed by atoms with Crippen molar-refractivity contribution in [2.24, 2.45) is 0 Å². The molecule has 0 aliphatic carbocycles. The highest BCUT2D eigenvalue weighted by atomic mass is 19.4. The van der Waals surface area contributed by atoms with Crippen molar-refractivity contribution in [3.63, 3.8) is 0 Å². The van der Waals surface area contributed by atoms with Gasteiger partial charge in [-0.2, -0.15) is 13.2 Å². The molecule has 1 N–H and O–H groups in total. The predicted octanol–water partition coefficient (Wildman–Crippen LogP) is 4.48. The number of carbonyl (C=O) groups is 1. The number of hydrogen-bond donors (Lipinski definition) is 1. The highest BCUT2D eigenvalue weighted by molar-refractivity contribution is 5.93. The van der Waals surface area contributed by atoms with Crippen molar-refractivity contribution in [1.82, 2.24) is 9.55 Å². The molecule has 0 unspecified atom stereocenters. The minimum Gasteiger partial charge on any atom is -0.491 e. The molecule has 0 saturated heterocycles. The molecule has 1 amide bonds. The average Bonchev–Trinajstić information content (AvgIpc) is 3.00. The van der Waals surface area contributed by atoms with Crippen molar-refractivity contribution in [1.29, 1.82) is 0 Å². The van der Waals surface area contributed by atoms with Gasteiger partial charge in [-0.15, -0.1) is 0 Å². The third-order valence-corrected chi connectivity index (χ3v) is 3.83. The third kappa shape index (κ3) is 4.21. The van der Waals surface area contributed by atoms with Gasteiger partial charge in [0.25, 0.3) is 0 Å². The summed E-state index contributed by atoms with van der Waals surface area (Å²) in [6.45, 7) is 1.90. The van der Waals surface area contributed by atoms with Crippen LogP contribution in [0.4, 0.5) is 18.9 Å². The molecule has 3 rings (SSSR count). The predicted molar refractivity (Wildman–Crippen MR) is 95.6 cm³/mol. The number of nitrogens with zero attached hydrogens (tertiary/aromatic N) is 2. The van der Waals surface area contributed by atoms with E-state index < -0.39 is 24.5 Å². The number of ether oxygens (including phenoxy) is 1. The van der Waals surface area contributed by atoms with Gasteiger partial charge in [-0.05, 0) is 30.7 Å². The van der Waals surface area contributed by atoms with Gasteiger partial charge in [0.2, 0.25) is 11.7 Å². The number of carbonyl (C=O) groups excluding carboxylic acids is 1. The molecule has 3 aromatic rings. The second kappa shape index (κ2) is 7.69. The fourth-order valence-electron chi connectivity index (χ4n) is 2.69. The number of para-hydroxylation sites is 4. The van der Waals surface area contributed by atoms with E-state index in [1.165, 1.54) is 12.1 Å². The molecule has 0 aliphatic heterocycles. The number of halogens is 3. The minimum atomic E-state index is -4.67. The van der Waals surface area contributed by atoms with Crippen LogP contribution in [0.2, 0.25) is 0 Å². The Morgan fingerprint density at radius 2 is 1.85 bits per heavy atom. The molecule has 8 heteroatoms. The third-order valence-electron chi connectivity index (χ3n) is 3.83. The molecular formula is C19H18F3N3O2. The van der Waals surface area contributed by atoms with Gasteiger partial charge in [0.1, 0.15) is 12.3 Å². The second-order valence-electron chi connectivity index (χ2n) is 5.90. The lowest BCUT2D eigenvalue weighted by Gasteiger charge is -2.14. The maximum Gasteiger partial charge on any atom is 0.449 e. The van der Waals surface area contributed by atoms with Gasteiger partial charge in [-0.1, -0.05) is 31.2 Å². The van der Waals surface area contributed by atoms with Crippen LogP contribution >= 0.6 is 0 Å². The summed E-state index contributed by atoms with van der Waals surface area (Å²) < 4.78 is 46.4. The number of alkyl halides is 3. The largest absolute Gasteiger partial charge is 0.491 e. The van der Waals surface area contributed by atoms with E-state index >= 15 is 0 Å². The van der Waals surface area contributed by atoms with Crippen LogP contribution < -0.4 is 10.1 Å². The first kappa shape index (κ1) is 18.8. The smallest absolute Gasteiger partial charge is 0.449 e. The Balaban J connectivity index is 1.87. The first-order valence-corrected chi connectivity index (χ1v) is 8.44. The number of imidazole rings is 1. The van der Waals surface area contributed by atoms with Crippen molar-refractivity contribution in [3.05, 3.63) is 54.4 Å². The van der Waals surface area contributed by atoms with Crippen LogP contribution in [0, 0.1) is 0 Å². The average molecular weight is 377 g/mol. The Bertz CT molecular complexity index is 951. The molecule has 0 saturated carbocycles. The zero-order chi connectivity index (χ0) is 19.4. The van der Waals surface area contributed by atoms with E-state index in [0.29, 0.717) is 18.0 Å². The first-order chi connectivity index (χ1) is 12.9. The number of nitrogens with one attached hydrogen (secondary N) is 1. The van der Waals surface area contributed by atoms with Gasteiger partial charge in [0, 0.05) is 0 Å². The maximum absolute atomic E-state index is 13.3. The Morgan fingerprint density at radius 1 is 1.15 bits per heavy atom. The normalized spacial score (nSPS) is 11.6. The fourth-order valence-corrected chi connectivity index (χ4v) is 2.69. The molecule has 5 nitrogen and oxygen atoms in total. The van der Waals surface area contributed by atoms with E-state index in [4.69, 9.17) is 4.74 Å². The minimum absolute atomic E-state index is 0.185. The maximum atomic E-state index is 13.3. The Kier molecular flexibility index (Phi) is 5.34. The van der Waals surface area contributed by atoms with Crippen LogP contribution in [0.3, 0.4) is 0 Å². The lowest BCUT2D eigenvalue weighted by molar-refractivity contribution is -0.147. The lowest BCUT2D eigenvalue weighted by atomic mass is 10.3. The van der Waals surface area contributed by atoms with E-state index in [0.717, 1.165) is 11.0 Å². The molecule has 0 spiro atoms. The number of fused-ring (bicyclic) bond motifs is 1. The van der Waals surface area contributed by atoms with Gasteiger partial charge in [0.15, 0.2) is 0 Å². The Labute approximate surface area is 153 Å². The van der Waals surface area contributed by atoms with Crippen LogP contribution in [-0.4, -0.2) is 22.1 Å². The molecule has 0 bridgehead atoms. The van der Waals surface area contributed by atoms with Crippen molar-refractivity contribution in [2.45, 2.75) is 26.1 Å². The second-order valence-corrected chi connectivity index (χ2v) is 5.90. The lowest BCUT2D eigenvalue weighted by Crippen LogP contribution is -2.23. The topological polar surface area (TPSA) is 56.1 Å². The van der Waals surface area contributed by atoms with Crippen molar-refractivity contribution in [3.8, 4) is 5.75 Å². The summed E-state index contributed by atoms with van der Waals surface area (Å²) >= 11 is 0. The molecule has 142 valence electrons. The molecular weight excluding hydrogens is 359 g/mol. The molecule has 0 radical (unpaired) electrons. The van der Waals surface area contributed by atoms with E-state index in [1.807, 2.05) is 6.92 Å². The van der Waals surface area contributed by atoms with Crippen LogP contribution in [0.15, 0.2) is 48.5 Å². The quantitative estimate of drug-likeness (QED) is 0.689. The number of benzene rings is 2. The molecule has 1 aromatic heterocycles. The van der Waals surface area contributed by atoms with Crippen LogP contribution in [0.25, 0.3) is 11.0 Å². The van der Waals surface area contributed by atoms with E-state index in [9.17, 15) is 18.0 Å². The zero-order valence-electron chi connectivity index (χ0n) is 14.6. The Morgan fingerprint density at radius 3 is 2.59 bits per heavy atom. The SMILES string of the molecule is CCCOc1ccccc1NC(=O)Cn1c(C(F)(F)F)nc2ccccc21. The molecule has 1 heterocycles. The van der Waals surface area contributed by atoms with Crippen LogP contribution in [0.5, 0.6) is 5.75 Å². The van der Waals surface area contributed by atoms with Gasteiger partial charge in [-0.3, -0.25) is 4.79 Å². The number of rotatable bonds is 6. The number of anilines is 1. The van der Waals surface area contributed by atoms with Crippen molar-refractivity contribution < 1.29 is 22.7 Å². The summed E-state index contributed by atoms with van der Waals surface area (Å²) in [5, 5.41) is 2.62. The zero-order valence-corrected chi connectivity index (χ0v) is 14.6. The summed E-state index contributed by atoms with van der Waals surface area (Å²) in [4.78, 5) is 16.1. The first-order valence-electron chi connectivity index (χ1n) is 8.44. The highest BCUT2D eigenvalue weighted by Crippen LogP contribution is 2.31. The van der Waals surface area contributed by atoms with E-state index in [2.05, 4.69) is 10.3 Å². The standard InChI is InChI=1S/C19H18F3N3O2/c1-2-11-27-16-10-6-4-8-14(16)23-17(26)12-25-15-9-5-3-7-13(15)24-18(25)19(20,21)22/h3-10H,2,11-12H2,1H3,(H,23,26). The van der Waals surface area contributed by atoms with Crippen LogP contribution in [0.1, 0.15) is 19.2 Å². The molecule has 0 fully saturated rings. The van der Waals surface area contributed by atoms with Gasteiger partial charge < -0.3 is 14.6 Å². The summed E-state index contributed by atoms with van der Waals surface area (Å²) in [6, 6.07) is 13.0. The van der Waals surface area contributed by atoms with Crippen LogP contribution in [-0.2, 0) is 17.5 Å². The monoisotopic (exact) mass is 377 g/mol. The highest BCUT2D eigenvalue weighted by Gasteiger charge is 2.38. The molecule has 2 aromatic carbocycles. The van der Waals surface area contributed by atoms with Gasteiger partial charge in [-0.25, -0.2) is 4.98 Å². The Hall–Kier alpha value is -3.03. The summed E-state index contributed by atoms with van der Waals surface area (Å²) in [5.74, 6) is -1.23. The summed E-state index contributed by atoms with van der Waals surface area (Å²) in [6.07, 6.45) is -3.88. The number of aromatic nitrogens is 2. The van der Waals surface area contributed by atoms with Crippen molar-refractivity contribution in [2.75, 3.05) is 11.9 Å². The molecule has 27 heavy (non-hydrogen) atoms.